The molecule has 10 heavy (non-hydrogen) atoms. The van der Waals surface area contributed by atoms with Crippen LogP contribution < -0.4 is 0 Å². The number of hydrogen-bond acceptors (Lipinski definition) is 2. The molecule has 1 aromatic heterocycles. The summed E-state index contributed by atoms with van der Waals surface area (Å²) in [5.41, 5.74) is 0.861. The van der Waals surface area contributed by atoms with Gasteiger partial charge in [-0.3, -0.25) is 4.98 Å². The van der Waals surface area contributed by atoms with Gasteiger partial charge >= 0.3 is 0 Å². The van der Waals surface area contributed by atoms with Crippen LogP contribution in [0.2, 0.25) is 0 Å². The first-order valence-electron chi connectivity index (χ1n) is 2.96. The van der Waals surface area contributed by atoms with E-state index >= 15 is 0 Å². The second-order valence-corrected chi connectivity index (χ2v) is 2.07. The molecule has 0 aliphatic carbocycles. The van der Waals surface area contributed by atoms with Gasteiger partial charge in [0.15, 0.2) is 0 Å². The number of aromatic nitrogens is 1. The van der Waals surface area contributed by atoms with Crippen LogP contribution in [0.3, 0.4) is 0 Å². The fourth-order valence-electron chi connectivity index (χ4n) is 0.632. The van der Waals surface area contributed by atoms with Crippen LogP contribution in [0.1, 0.15) is 11.3 Å². The Kier molecular flexibility index (Phi) is 1.97. The molecule has 0 amide bonds. The number of nitrogens with zero attached hydrogens (tertiary/aromatic N) is 1. The highest BCUT2D eigenvalue weighted by atomic mass is 19.1. The number of pyridine rings is 1. The van der Waals surface area contributed by atoms with Crippen LogP contribution in [0.25, 0.3) is 0 Å². The van der Waals surface area contributed by atoms with Gasteiger partial charge in [0.2, 0.25) is 0 Å². The molecule has 0 atom stereocenters. The monoisotopic (exact) mass is 141 g/mol. The van der Waals surface area contributed by atoms with Crippen LogP contribution >= 0.6 is 0 Å². The maximum Gasteiger partial charge on any atom is 0.144 e. The number of halogens is 1. The van der Waals surface area contributed by atoms with Gasteiger partial charge in [0.1, 0.15) is 5.82 Å². The van der Waals surface area contributed by atoms with Crippen molar-refractivity contribution in [1.82, 2.24) is 4.98 Å². The van der Waals surface area contributed by atoms with E-state index in [0.29, 0.717) is 11.3 Å². The minimum absolute atomic E-state index is 0.163. The molecule has 0 bridgehead atoms. The first-order chi connectivity index (χ1) is 4.74. The lowest BCUT2D eigenvalue weighted by Crippen LogP contribution is -1.91. The van der Waals surface area contributed by atoms with Gasteiger partial charge in [0.25, 0.3) is 0 Å². The smallest absolute Gasteiger partial charge is 0.144 e. The number of aliphatic hydroxyl groups is 1. The summed E-state index contributed by atoms with van der Waals surface area (Å²) in [4.78, 5) is 3.71. The average Bonchev–Trinajstić information content (AvgIpc) is 1.95. The Hall–Kier alpha value is -0.960. The molecular formula is C7H8FNO. The normalized spacial score (nSPS) is 9.90. The summed E-state index contributed by atoms with van der Waals surface area (Å²) < 4.78 is 12.6. The van der Waals surface area contributed by atoms with Crippen molar-refractivity contribution in [3.05, 3.63) is 29.3 Å². The van der Waals surface area contributed by atoms with Gasteiger partial charge in [-0.25, -0.2) is 4.39 Å². The predicted molar refractivity (Wildman–Crippen MR) is 34.9 cm³/mol. The SMILES string of the molecule is Cc1ncc(CO)cc1F. The third-order valence-electron chi connectivity index (χ3n) is 1.26. The summed E-state index contributed by atoms with van der Waals surface area (Å²) in [6, 6.07) is 1.28. The number of aliphatic hydroxyl groups excluding tert-OH is 1. The molecule has 0 unspecified atom stereocenters. The van der Waals surface area contributed by atoms with E-state index in [1.807, 2.05) is 0 Å². The molecule has 0 aromatic carbocycles. The van der Waals surface area contributed by atoms with E-state index in [1.54, 1.807) is 6.92 Å². The predicted octanol–water partition coefficient (Wildman–Crippen LogP) is 1.02. The Labute approximate surface area is 58.3 Å². The molecule has 3 heteroatoms. The van der Waals surface area contributed by atoms with E-state index in [1.165, 1.54) is 12.3 Å². The third kappa shape index (κ3) is 1.30. The highest BCUT2D eigenvalue weighted by molar-refractivity contribution is 5.14. The van der Waals surface area contributed by atoms with E-state index in [2.05, 4.69) is 4.98 Å². The van der Waals surface area contributed by atoms with E-state index in [-0.39, 0.29) is 12.4 Å². The first-order valence-corrected chi connectivity index (χ1v) is 2.96. The molecule has 1 rings (SSSR count). The van der Waals surface area contributed by atoms with Gasteiger partial charge < -0.3 is 5.11 Å². The highest BCUT2D eigenvalue weighted by Crippen LogP contribution is 2.04. The van der Waals surface area contributed by atoms with Crippen molar-refractivity contribution in [2.45, 2.75) is 13.5 Å². The molecule has 2 nitrogen and oxygen atoms in total. The Morgan fingerprint density at radius 1 is 1.70 bits per heavy atom. The van der Waals surface area contributed by atoms with Crippen molar-refractivity contribution in [2.24, 2.45) is 0 Å². The second-order valence-electron chi connectivity index (χ2n) is 2.07. The molecule has 0 spiro atoms. The summed E-state index contributed by atoms with van der Waals surface area (Å²) in [5, 5.41) is 8.55. The Morgan fingerprint density at radius 2 is 2.40 bits per heavy atom. The number of hydrogen-bond donors (Lipinski definition) is 1. The zero-order chi connectivity index (χ0) is 7.56. The molecule has 0 saturated heterocycles. The summed E-state index contributed by atoms with van der Waals surface area (Å²) >= 11 is 0. The van der Waals surface area contributed by atoms with Gasteiger partial charge in [0.05, 0.1) is 12.3 Å². The van der Waals surface area contributed by atoms with Crippen LogP contribution in [0.15, 0.2) is 12.3 Å². The Bertz CT molecular complexity index is 237. The minimum atomic E-state index is -0.369. The molecular weight excluding hydrogens is 133 g/mol. The molecule has 0 saturated carbocycles. The lowest BCUT2D eigenvalue weighted by atomic mass is 10.2. The van der Waals surface area contributed by atoms with Crippen molar-refractivity contribution in [1.29, 1.82) is 0 Å². The largest absolute Gasteiger partial charge is 0.392 e. The zero-order valence-electron chi connectivity index (χ0n) is 5.63. The molecule has 1 heterocycles. The van der Waals surface area contributed by atoms with Gasteiger partial charge in [-0.2, -0.15) is 0 Å². The Morgan fingerprint density at radius 3 is 2.90 bits per heavy atom. The molecule has 54 valence electrons. The molecule has 0 aliphatic heterocycles. The summed E-state index contributed by atoms with van der Waals surface area (Å²) in [5.74, 6) is -0.369. The van der Waals surface area contributed by atoms with Crippen LogP contribution in [-0.4, -0.2) is 10.1 Å². The van der Waals surface area contributed by atoms with Gasteiger partial charge in [-0.1, -0.05) is 0 Å². The van der Waals surface area contributed by atoms with Crippen molar-refractivity contribution in [3.63, 3.8) is 0 Å². The maximum atomic E-state index is 12.6. The van der Waals surface area contributed by atoms with Crippen LogP contribution in [0.4, 0.5) is 4.39 Å². The van der Waals surface area contributed by atoms with Crippen molar-refractivity contribution in [3.8, 4) is 0 Å². The second kappa shape index (κ2) is 2.75. The number of aryl methyl sites for hydroxylation is 1. The molecule has 0 fully saturated rings. The summed E-state index contributed by atoms with van der Waals surface area (Å²) in [6.07, 6.45) is 1.46. The van der Waals surface area contributed by atoms with E-state index in [9.17, 15) is 4.39 Å². The van der Waals surface area contributed by atoms with Crippen LogP contribution in [0, 0.1) is 12.7 Å². The summed E-state index contributed by atoms with van der Waals surface area (Å²) in [7, 11) is 0. The van der Waals surface area contributed by atoms with Crippen molar-refractivity contribution < 1.29 is 9.50 Å². The average molecular weight is 141 g/mol. The molecule has 0 aliphatic rings. The van der Waals surface area contributed by atoms with Gasteiger partial charge in [0, 0.05) is 6.20 Å². The van der Waals surface area contributed by atoms with Crippen LogP contribution in [-0.2, 0) is 6.61 Å². The standard InChI is InChI=1S/C7H8FNO/c1-5-7(8)2-6(4-10)3-9-5/h2-3,10H,4H2,1H3. The Balaban J connectivity index is 3.04. The van der Waals surface area contributed by atoms with Gasteiger partial charge in [-0.05, 0) is 18.6 Å². The van der Waals surface area contributed by atoms with E-state index in [0.717, 1.165) is 0 Å². The summed E-state index contributed by atoms with van der Waals surface area (Å²) in [6.45, 7) is 1.42. The minimum Gasteiger partial charge on any atom is -0.392 e. The molecule has 1 aromatic rings. The van der Waals surface area contributed by atoms with Crippen molar-refractivity contribution >= 4 is 0 Å². The van der Waals surface area contributed by atoms with Gasteiger partial charge in [-0.15, -0.1) is 0 Å². The highest BCUT2D eigenvalue weighted by Gasteiger charge is 1.97. The fraction of sp³-hybridized carbons (Fsp3) is 0.286. The topological polar surface area (TPSA) is 33.1 Å². The lowest BCUT2D eigenvalue weighted by Gasteiger charge is -1.96. The third-order valence-corrected chi connectivity index (χ3v) is 1.26. The van der Waals surface area contributed by atoms with Crippen LogP contribution in [0.5, 0.6) is 0 Å². The van der Waals surface area contributed by atoms with Crippen molar-refractivity contribution in [2.75, 3.05) is 0 Å². The quantitative estimate of drug-likeness (QED) is 0.633. The lowest BCUT2D eigenvalue weighted by molar-refractivity contribution is 0.280. The zero-order valence-corrected chi connectivity index (χ0v) is 5.63. The molecule has 0 radical (unpaired) electrons. The maximum absolute atomic E-state index is 12.6. The first kappa shape index (κ1) is 7.15. The van der Waals surface area contributed by atoms with E-state index < -0.39 is 0 Å². The fourth-order valence-corrected chi connectivity index (χ4v) is 0.632. The molecule has 1 N–H and O–H groups in total. The number of rotatable bonds is 1. The van der Waals surface area contributed by atoms with E-state index in [4.69, 9.17) is 5.11 Å².